The van der Waals surface area contributed by atoms with Gasteiger partial charge in [-0.25, -0.2) is 0 Å². The van der Waals surface area contributed by atoms with Crippen molar-refractivity contribution in [2.24, 2.45) is 0 Å². The molecule has 0 spiro atoms. The maximum Gasteiger partial charge on any atom is 0.0575 e. The molecule has 1 aliphatic rings. The topological polar surface area (TPSA) is 19.0 Å². The molecular formula is C7H10N2. The first-order valence-electron chi connectivity index (χ1n) is 3.25. The highest BCUT2D eigenvalue weighted by molar-refractivity contribution is 5.54. The summed E-state index contributed by atoms with van der Waals surface area (Å²) < 4.78 is 0. The van der Waals surface area contributed by atoms with Gasteiger partial charge in [-0.2, -0.15) is 0 Å². The van der Waals surface area contributed by atoms with Crippen molar-refractivity contribution in [1.29, 1.82) is 0 Å². The van der Waals surface area contributed by atoms with E-state index in [0.29, 0.717) is 0 Å². The van der Waals surface area contributed by atoms with Gasteiger partial charge in [-0.15, -0.1) is 0 Å². The predicted molar refractivity (Wildman–Crippen MR) is 37.8 cm³/mol. The molecule has 0 fully saturated rings. The van der Waals surface area contributed by atoms with Crippen LogP contribution in [0.4, 0.5) is 5.69 Å². The van der Waals surface area contributed by atoms with Crippen LogP contribution < -0.4 is 4.90 Å². The van der Waals surface area contributed by atoms with Crippen LogP contribution in [-0.4, -0.2) is 18.6 Å². The molecular weight excluding hydrogens is 112 g/mol. The Balaban J connectivity index is 2.49. The number of rotatable bonds is 0. The number of nitrogens with zero attached hydrogens (tertiary/aromatic N) is 1. The van der Waals surface area contributed by atoms with Gasteiger partial charge in [-0.3, -0.25) is 0 Å². The van der Waals surface area contributed by atoms with Crippen molar-refractivity contribution >= 4 is 5.69 Å². The Kier molecular flexibility index (Phi) is 0.835. The fourth-order valence-electron chi connectivity index (χ4n) is 1.35. The second-order valence-electron chi connectivity index (χ2n) is 2.51. The van der Waals surface area contributed by atoms with E-state index in [1.54, 1.807) is 0 Å². The van der Waals surface area contributed by atoms with Gasteiger partial charge in [0.15, 0.2) is 0 Å². The third kappa shape index (κ3) is 0.559. The number of fused-ring (bicyclic) bond motifs is 1. The van der Waals surface area contributed by atoms with Crippen molar-refractivity contribution in [3.63, 3.8) is 0 Å². The fourth-order valence-corrected chi connectivity index (χ4v) is 1.35. The molecule has 0 unspecified atom stereocenters. The molecule has 0 bridgehead atoms. The van der Waals surface area contributed by atoms with E-state index in [-0.39, 0.29) is 0 Å². The van der Waals surface area contributed by atoms with Gasteiger partial charge in [0.25, 0.3) is 0 Å². The summed E-state index contributed by atoms with van der Waals surface area (Å²) in [5.41, 5.74) is 2.76. The zero-order chi connectivity index (χ0) is 6.27. The van der Waals surface area contributed by atoms with Gasteiger partial charge in [-0.05, 0) is 6.07 Å². The van der Waals surface area contributed by atoms with E-state index >= 15 is 0 Å². The molecule has 0 amide bonds. The number of hydrogen-bond donors (Lipinski definition) is 1. The smallest absolute Gasteiger partial charge is 0.0575 e. The van der Waals surface area contributed by atoms with Crippen LogP contribution in [0.25, 0.3) is 0 Å². The molecule has 2 nitrogen and oxygen atoms in total. The number of aromatic nitrogens is 1. The van der Waals surface area contributed by atoms with Crippen molar-refractivity contribution in [2.75, 3.05) is 18.5 Å². The molecule has 2 rings (SSSR count). The molecule has 0 saturated heterocycles. The van der Waals surface area contributed by atoms with E-state index in [0.717, 1.165) is 0 Å². The Labute approximate surface area is 54.5 Å². The van der Waals surface area contributed by atoms with Crippen LogP contribution in [0.5, 0.6) is 0 Å². The molecule has 0 saturated carbocycles. The van der Waals surface area contributed by atoms with Crippen LogP contribution in [0.15, 0.2) is 12.3 Å². The molecule has 0 aromatic carbocycles. The molecule has 1 aromatic rings. The SMILES string of the molecule is CN1CCc2[nH]ccc21. The standard InChI is InChI=1S/C7H10N2/c1-9-5-3-6-7(9)2-4-8-6/h2,4,8H,3,5H2,1H3. The molecule has 0 radical (unpaired) electrons. The second kappa shape index (κ2) is 1.53. The highest BCUT2D eigenvalue weighted by Crippen LogP contribution is 2.24. The lowest BCUT2D eigenvalue weighted by molar-refractivity contribution is 0.937. The quantitative estimate of drug-likeness (QED) is 0.544. The summed E-state index contributed by atoms with van der Waals surface area (Å²) in [6, 6.07) is 2.13. The molecule has 2 heterocycles. The lowest BCUT2D eigenvalue weighted by atomic mass is 10.3. The monoisotopic (exact) mass is 122 g/mol. The number of likely N-dealkylation sites (N-methyl/N-ethyl adjacent to an activating group) is 1. The number of aromatic amines is 1. The van der Waals surface area contributed by atoms with Gasteiger partial charge >= 0.3 is 0 Å². The number of anilines is 1. The summed E-state index contributed by atoms with van der Waals surface area (Å²) in [6.07, 6.45) is 3.18. The highest BCUT2D eigenvalue weighted by Gasteiger charge is 2.14. The second-order valence-corrected chi connectivity index (χ2v) is 2.51. The largest absolute Gasteiger partial charge is 0.373 e. The zero-order valence-corrected chi connectivity index (χ0v) is 5.52. The molecule has 1 aromatic heterocycles. The number of H-pyrrole nitrogens is 1. The third-order valence-electron chi connectivity index (χ3n) is 1.92. The average Bonchev–Trinajstić information content (AvgIpc) is 2.35. The van der Waals surface area contributed by atoms with Crippen molar-refractivity contribution in [1.82, 2.24) is 4.98 Å². The van der Waals surface area contributed by atoms with Crippen molar-refractivity contribution in [2.45, 2.75) is 6.42 Å². The molecule has 1 N–H and O–H groups in total. The van der Waals surface area contributed by atoms with Gasteiger partial charge in [-0.1, -0.05) is 0 Å². The van der Waals surface area contributed by atoms with Crippen LogP contribution in [0.3, 0.4) is 0 Å². The van der Waals surface area contributed by atoms with E-state index in [9.17, 15) is 0 Å². The van der Waals surface area contributed by atoms with Gasteiger partial charge in [0.1, 0.15) is 0 Å². The van der Waals surface area contributed by atoms with Crippen LogP contribution in [0.2, 0.25) is 0 Å². The van der Waals surface area contributed by atoms with Gasteiger partial charge in [0.2, 0.25) is 0 Å². The molecule has 0 atom stereocenters. The van der Waals surface area contributed by atoms with E-state index in [1.165, 1.54) is 24.3 Å². The Morgan fingerprint density at radius 2 is 2.56 bits per heavy atom. The summed E-state index contributed by atoms with van der Waals surface area (Å²) in [5.74, 6) is 0. The van der Waals surface area contributed by atoms with Crippen molar-refractivity contribution < 1.29 is 0 Å². The molecule has 9 heavy (non-hydrogen) atoms. The summed E-state index contributed by atoms with van der Waals surface area (Å²) >= 11 is 0. The van der Waals surface area contributed by atoms with Gasteiger partial charge < -0.3 is 9.88 Å². The predicted octanol–water partition coefficient (Wildman–Crippen LogP) is 1.01. The number of nitrogens with one attached hydrogen (secondary N) is 1. The third-order valence-corrected chi connectivity index (χ3v) is 1.92. The van der Waals surface area contributed by atoms with Crippen LogP contribution in [0, 0.1) is 0 Å². The van der Waals surface area contributed by atoms with Crippen LogP contribution in [0.1, 0.15) is 5.69 Å². The Morgan fingerprint density at radius 1 is 1.67 bits per heavy atom. The molecule has 48 valence electrons. The maximum atomic E-state index is 3.21. The highest BCUT2D eigenvalue weighted by atomic mass is 15.1. The van der Waals surface area contributed by atoms with E-state index in [4.69, 9.17) is 0 Å². The maximum absolute atomic E-state index is 3.21. The Hall–Kier alpha value is -0.920. The summed E-state index contributed by atoms with van der Waals surface area (Å²) in [7, 11) is 2.12. The van der Waals surface area contributed by atoms with Gasteiger partial charge in [0.05, 0.1) is 5.69 Å². The number of hydrogen-bond acceptors (Lipinski definition) is 1. The van der Waals surface area contributed by atoms with E-state index in [2.05, 4.69) is 23.0 Å². The minimum Gasteiger partial charge on any atom is -0.373 e. The van der Waals surface area contributed by atoms with Gasteiger partial charge in [0, 0.05) is 31.9 Å². The Morgan fingerprint density at radius 3 is 3.33 bits per heavy atom. The first-order valence-corrected chi connectivity index (χ1v) is 3.25. The average molecular weight is 122 g/mol. The van der Waals surface area contributed by atoms with Crippen LogP contribution >= 0.6 is 0 Å². The first kappa shape index (κ1) is 4.91. The Bertz CT molecular complexity index is 214. The molecule has 1 aliphatic heterocycles. The lowest BCUT2D eigenvalue weighted by Crippen LogP contribution is -2.12. The van der Waals surface area contributed by atoms with Crippen LogP contribution in [-0.2, 0) is 6.42 Å². The first-order chi connectivity index (χ1) is 4.38. The minimum absolute atomic E-state index is 1.17. The fraction of sp³-hybridized carbons (Fsp3) is 0.429. The molecule has 0 aliphatic carbocycles. The van der Waals surface area contributed by atoms with E-state index < -0.39 is 0 Å². The minimum atomic E-state index is 1.17. The summed E-state index contributed by atoms with van der Waals surface area (Å²) in [4.78, 5) is 5.48. The zero-order valence-electron chi connectivity index (χ0n) is 5.52. The molecule has 2 heteroatoms. The van der Waals surface area contributed by atoms with E-state index in [1.807, 2.05) is 6.20 Å². The normalized spacial score (nSPS) is 16.3. The summed E-state index contributed by atoms with van der Waals surface area (Å²) in [6.45, 7) is 1.17. The summed E-state index contributed by atoms with van der Waals surface area (Å²) in [5, 5.41) is 0. The lowest BCUT2D eigenvalue weighted by Gasteiger charge is -2.07. The van der Waals surface area contributed by atoms with Crippen molar-refractivity contribution in [3.8, 4) is 0 Å². The van der Waals surface area contributed by atoms with Crippen molar-refractivity contribution in [3.05, 3.63) is 18.0 Å².